The van der Waals surface area contributed by atoms with E-state index < -0.39 is 6.10 Å². The van der Waals surface area contributed by atoms with Crippen LogP contribution < -0.4 is 4.74 Å². The molecule has 1 atom stereocenters. The lowest BCUT2D eigenvalue weighted by Crippen LogP contribution is -2.31. The van der Waals surface area contributed by atoms with Crippen LogP contribution in [0.25, 0.3) is 10.6 Å². The number of carbonyl (C=O) groups is 1. The van der Waals surface area contributed by atoms with E-state index in [9.17, 15) is 9.90 Å². The first-order chi connectivity index (χ1) is 13.6. The van der Waals surface area contributed by atoms with E-state index >= 15 is 0 Å². The molecule has 0 fully saturated rings. The van der Waals surface area contributed by atoms with Crippen molar-refractivity contribution < 1.29 is 14.6 Å². The molecule has 0 radical (unpaired) electrons. The molecule has 0 aliphatic carbocycles. The lowest BCUT2D eigenvalue weighted by molar-refractivity contribution is -0.131. The third kappa shape index (κ3) is 5.18. The molecule has 3 rings (SSSR count). The van der Waals surface area contributed by atoms with Gasteiger partial charge in [0.25, 0.3) is 0 Å². The third-order valence-electron chi connectivity index (χ3n) is 4.54. The molecular formula is C22H24N2O3S. The molecule has 2 aromatic carbocycles. The van der Waals surface area contributed by atoms with Crippen LogP contribution in [0.4, 0.5) is 0 Å². The fourth-order valence-corrected chi connectivity index (χ4v) is 3.71. The number of aliphatic hydroxyl groups excluding tert-OH is 1. The Morgan fingerprint density at radius 1 is 1.18 bits per heavy atom. The van der Waals surface area contributed by atoms with Crippen LogP contribution in [0.5, 0.6) is 5.75 Å². The normalized spacial score (nSPS) is 11.8. The predicted octanol–water partition coefficient (Wildman–Crippen LogP) is 3.94. The molecule has 1 unspecified atom stereocenters. The maximum absolute atomic E-state index is 12.4. The van der Waals surface area contributed by atoms with Crippen LogP contribution in [-0.2, 0) is 11.2 Å². The fraction of sp³-hybridized carbons (Fsp3) is 0.273. The molecule has 0 saturated heterocycles. The number of ether oxygens (including phenoxy) is 1. The highest BCUT2D eigenvalue weighted by atomic mass is 32.1. The van der Waals surface area contributed by atoms with E-state index in [0.717, 1.165) is 27.6 Å². The first kappa shape index (κ1) is 20.0. The van der Waals surface area contributed by atoms with Gasteiger partial charge in [0, 0.05) is 24.4 Å². The van der Waals surface area contributed by atoms with Gasteiger partial charge in [0.05, 0.1) is 25.5 Å². The molecule has 6 heteroatoms. The standard InChI is InChI=1S/C22H24N2O3S/c1-24(14-20(25)16-8-11-19(27-2)12-9-16)21(26)13-10-18-15-28-22(23-18)17-6-4-3-5-7-17/h3-9,11-12,15,20,25H,10,13-14H2,1-2H3. The van der Waals surface area contributed by atoms with Crippen LogP contribution in [0.15, 0.2) is 60.0 Å². The summed E-state index contributed by atoms with van der Waals surface area (Å²) in [6, 6.07) is 17.2. The second-order valence-electron chi connectivity index (χ2n) is 6.57. The number of benzene rings is 2. The Hall–Kier alpha value is -2.70. The van der Waals surface area contributed by atoms with Crippen LogP contribution >= 0.6 is 11.3 Å². The van der Waals surface area contributed by atoms with Crippen LogP contribution in [0, 0.1) is 0 Å². The smallest absolute Gasteiger partial charge is 0.222 e. The zero-order valence-corrected chi connectivity index (χ0v) is 16.9. The summed E-state index contributed by atoms with van der Waals surface area (Å²) in [5.74, 6) is 0.723. The number of rotatable bonds is 8. The van der Waals surface area contributed by atoms with Gasteiger partial charge in [0.2, 0.25) is 5.91 Å². The molecule has 0 saturated carbocycles. The molecule has 146 valence electrons. The van der Waals surface area contributed by atoms with E-state index in [1.165, 1.54) is 0 Å². The first-order valence-electron chi connectivity index (χ1n) is 9.12. The summed E-state index contributed by atoms with van der Waals surface area (Å²) in [6.07, 6.45) is 0.221. The summed E-state index contributed by atoms with van der Waals surface area (Å²) >= 11 is 1.59. The second-order valence-corrected chi connectivity index (χ2v) is 7.43. The largest absolute Gasteiger partial charge is 0.497 e. The number of aryl methyl sites for hydroxylation is 1. The maximum Gasteiger partial charge on any atom is 0.222 e. The van der Waals surface area contributed by atoms with Crippen LogP contribution in [0.1, 0.15) is 23.8 Å². The number of carbonyl (C=O) groups excluding carboxylic acids is 1. The fourth-order valence-electron chi connectivity index (χ4n) is 2.85. The van der Waals surface area contributed by atoms with Crippen molar-refractivity contribution in [3.8, 4) is 16.3 Å². The number of aliphatic hydroxyl groups is 1. The van der Waals surface area contributed by atoms with Crippen LogP contribution in [-0.4, -0.2) is 41.6 Å². The van der Waals surface area contributed by atoms with Crippen molar-refractivity contribution in [2.24, 2.45) is 0 Å². The second kappa shape index (κ2) is 9.48. The highest BCUT2D eigenvalue weighted by Crippen LogP contribution is 2.24. The van der Waals surface area contributed by atoms with Crippen molar-refractivity contribution in [2.75, 3.05) is 20.7 Å². The van der Waals surface area contributed by atoms with Gasteiger partial charge in [-0.3, -0.25) is 4.79 Å². The number of aromatic nitrogens is 1. The first-order valence-corrected chi connectivity index (χ1v) is 10.0. The van der Waals surface area contributed by atoms with Gasteiger partial charge >= 0.3 is 0 Å². The lowest BCUT2D eigenvalue weighted by Gasteiger charge is -2.21. The summed E-state index contributed by atoms with van der Waals surface area (Å²) in [7, 11) is 3.31. The quantitative estimate of drug-likeness (QED) is 0.626. The van der Waals surface area contributed by atoms with E-state index in [-0.39, 0.29) is 12.5 Å². The molecule has 3 aromatic rings. The SMILES string of the molecule is COc1ccc(C(O)CN(C)C(=O)CCc2csc(-c3ccccc3)n2)cc1. The number of methoxy groups -OCH3 is 1. The molecule has 1 N–H and O–H groups in total. The Labute approximate surface area is 169 Å². The summed E-state index contributed by atoms with van der Waals surface area (Å²) in [5.41, 5.74) is 2.76. The van der Waals surface area contributed by atoms with Gasteiger partial charge in [0.1, 0.15) is 10.8 Å². The summed E-state index contributed by atoms with van der Waals surface area (Å²) in [6.45, 7) is 0.248. The van der Waals surface area contributed by atoms with Crippen LogP contribution in [0.3, 0.4) is 0 Å². The van der Waals surface area contributed by atoms with Gasteiger partial charge in [-0.1, -0.05) is 42.5 Å². The molecule has 0 aliphatic heterocycles. The number of hydrogen-bond donors (Lipinski definition) is 1. The van der Waals surface area contributed by atoms with Crippen molar-refractivity contribution in [1.82, 2.24) is 9.88 Å². The molecule has 1 amide bonds. The van der Waals surface area contributed by atoms with Gasteiger partial charge in [0.15, 0.2) is 0 Å². The minimum Gasteiger partial charge on any atom is -0.497 e. The molecule has 1 heterocycles. The van der Waals surface area contributed by atoms with Crippen molar-refractivity contribution in [1.29, 1.82) is 0 Å². The van der Waals surface area contributed by atoms with Crippen molar-refractivity contribution in [3.63, 3.8) is 0 Å². The van der Waals surface area contributed by atoms with Crippen molar-refractivity contribution in [2.45, 2.75) is 18.9 Å². The van der Waals surface area contributed by atoms with Crippen molar-refractivity contribution >= 4 is 17.2 Å². The molecule has 0 bridgehead atoms. The average molecular weight is 397 g/mol. The van der Waals surface area contributed by atoms with E-state index in [1.54, 1.807) is 42.5 Å². The Bertz CT molecular complexity index is 894. The predicted molar refractivity (Wildman–Crippen MR) is 111 cm³/mol. The average Bonchev–Trinajstić information content (AvgIpc) is 3.21. The number of hydrogen-bond acceptors (Lipinski definition) is 5. The summed E-state index contributed by atoms with van der Waals surface area (Å²) in [4.78, 5) is 18.6. The molecule has 28 heavy (non-hydrogen) atoms. The van der Waals surface area contributed by atoms with Crippen LogP contribution in [0.2, 0.25) is 0 Å². The van der Waals surface area contributed by atoms with Gasteiger partial charge in [-0.05, 0) is 24.1 Å². The molecular weight excluding hydrogens is 372 g/mol. The Morgan fingerprint density at radius 2 is 1.89 bits per heavy atom. The van der Waals surface area contributed by atoms with Crippen molar-refractivity contribution in [3.05, 3.63) is 71.2 Å². The van der Waals surface area contributed by atoms with E-state index in [4.69, 9.17) is 4.74 Å². The number of nitrogens with zero attached hydrogens (tertiary/aromatic N) is 2. The highest BCUT2D eigenvalue weighted by molar-refractivity contribution is 7.13. The topological polar surface area (TPSA) is 62.7 Å². The van der Waals surface area contributed by atoms with Gasteiger partial charge in [-0.25, -0.2) is 4.98 Å². The lowest BCUT2D eigenvalue weighted by atomic mass is 10.1. The maximum atomic E-state index is 12.4. The Balaban J connectivity index is 1.51. The monoisotopic (exact) mass is 396 g/mol. The highest BCUT2D eigenvalue weighted by Gasteiger charge is 2.16. The molecule has 0 spiro atoms. The zero-order valence-electron chi connectivity index (χ0n) is 16.0. The zero-order chi connectivity index (χ0) is 19.9. The Kier molecular flexibility index (Phi) is 6.79. The summed E-state index contributed by atoms with van der Waals surface area (Å²) < 4.78 is 5.12. The van der Waals surface area contributed by atoms with Gasteiger partial charge in [-0.2, -0.15) is 0 Å². The third-order valence-corrected chi connectivity index (χ3v) is 5.48. The Morgan fingerprint density at radius 3 is 2.57 bits per heavy atom. The molecule has 1 aromatic heterocycles. The summed E-state index contributed by atoms with van der Waals surface area (Å²) in [5, 5.41) is 13.3. The van der Waals surface area contributed by atoms with Gasteiger partial charge < -0.3 is 14.7 Å². The minimum atomic E-state index is -0.733. The molecule has 0 aliphatic rings. The molecule has 5 nitrogen and oxygen atoms in total. The number of thiazole rings is 1. The van der Waals surface area contributed by atoms with E-state index in [2.05, 4.69) is 4.98 Å². The number of amides is 1. The van der Waals surface area contributed by atoms with Gasteiger partial charge in [-0.15, -0.1) is 11.3 Å². The van der Waals surface area contributed by atoms with E-state index in [1.807, 2.05) is 47.8 Å². The van der Waals surface area contributed by atoms with E-state index in [0.29, 0.717) is 12.8 Å². The minimum absolute atomic E-state index is 0.0122. The number of likely N-dealkylation sites (N-methyl/N-ethyl adjacent to an activating group) is 1.